The van der Waals surface area contributed by atoms with Crippen molar-refractivity contribution in [2.45, 2.75) is 77.4 Å². The molecule has 2 fully saturated rings. The standard InChI is InChI=1S/C28H39N5O2/c1-19(2)15-22(17-29)31-27(34)23-8-4-5-9-24(23)32-28(35)26-16-21-7-3-6-10-25(21)33(26)18-20-11-13-30-14-12-20/h3,6-7,10,16,19-20,22-24,30H,4-5,8-9,11-15,18H2,1-2H3,(H,31,34)(H,32,35)/t22?,23-,24+/m1/s1. The van der Waals surface area contributed by atoms with E-state index >= 15 is 0 Å². The van der Waals surface area contributed by atoms with Gasteiger partial charge >= 0.3 is 0 Å². The van der Waals surface area contributed by atoms with Crippen molar-refractivity contribution in [2.75, 3.05) is 13.1 Å². The third-order valence-corrected chi connectivity index (χ3v) is 7.54. The molecule has 35 heavy (non-hydrogen) atoms. The van der Waals surface area contributed by atoms with Crippen molar-refractivity contribution in [1.82, 2.24) is 20.5 Å². The molecule has 1 aliphatic heterocycles. The molecule has 3 atom stereocenters. The van der Waals surface area contributed by atoms with Gasteiger partial charge in [0.05, 0.1) is 12.0 Å². The average molecular weight is 478 g/mol. The van der Waals surface area contributed by atoms with Crippen molar-refractivity contribution in [1.29, 1.82) is 5.26 Å². The molecule has 0 bridgehead atoms. The van der Waals surface area contributed by atoms with E-state index < -0.39 is 6.04 Å². The van der Waals surface area contributed by atoms with Gasteiger partial charge in [-0.05, 0) is 69.2 Å². The Kier molecular flexibility index (Phi) is 8.46. The summed E-state index contributed by atoms with van der Waals surface area (Å²) in [6, 6.07) is 11.7. The highest BCUT2D eigenvalue weighted by Crippen LogP contribution is 2.27. The molecule has 1 saturated carbocycles. The number of rotatable bonds is 8. The molecule has 2 aromatic rings. The summed E-state index contributed by atoms with van der Waals surface area (Å²) in [5, 5.41) is 20.1. The Hall–Kier alpha value is -2.85. The number of carbonyl (C=O) groups excluding carboxylic acids is 2. The normalized spacial score (nSPS) is 22.0. The van der Waals surface area contributed by atoms with Gasteiger partial charge in [-0.25, -0.2) is 0 Å². The van der Waals surface area contributed by atoms with Crippen LogP contribution in [0, 0.1) is 29.1 Å². The minimum absolute atomic E-state index is 0.112. The quantitative estimate of drug-likeness (QED) is 0.535. The first kappa shape index (κ1) is 25.2. The fourth-order valence-corrected chi connectivity index (χ4v) is 5.67. The van der Waals surface area contributed by atoms with Gasteiger partial charge in [0.2, 0.25) is 5.91 Å². The van der Waals surface area contributed by atoms with Gasteiger partial charge in [-0.1, -0.05) is 44.9 Å². The molecule has 2 heterocycles. The maximum Gasteiger partial charge on any atom is 0.268 e. The Bertz CT molecular complexity index is 1060. The third kappa shape index (κ3) is 6.24. The van der Waals surface area contributed by atoms with E-state index in [1.807, 2.05) is 32.0 Å². The molecule has 1 saturated heterocycles. The van der Waals surface area contributed by atoms with E-state index in [-0.39, 0.29) is 23.8 Å². The second-order valence-corrected chi connectivity index (χ2v) is 10.7. The lowest BCUT2D eigenvalue weighted by molar-refractivity contribution is -0.127. The zero-order valence-electron chi connectivity index (χ0n) is 21.1. The van der Waals surface area contributed by atoms with Crippen molar-refractivity contribution in [3.63, 3.8) is 0 Å². The molecule has 1 aromatic heterocycles. The maximum absolute atomic E-state index is 13.6. The third-order valence-electron chi connectivity index (χ3n) is 7.54. The molecule has 1 unspecified atom stereocenters. The Balaban J connectivity index is 1.51. The molecule has 7 nitrogen and oxygen atoms in total. The van der Waals surface area contributed by atoms with Crippen LogP contribution in [-0.4, -0.2) is 41.6 Å². The summed E-state index contributed by atoms with van der Waals surface area (Å²) in [7, 11) is 0. The Morgan fingerprint density at radius 3 is 2.63 bits per heavy atom. The lowest BCUT2D eigenvalue weighted by atomic mass is 9.83. The highest BCUT2D eigenvalue weighted by atomic mass is 16.2. The fourth-order valence-electron chi connectivity index (χ4n) is 5.67. The second-order valence-electron chi connectivity index (χ2n) is 10.7. The molecular weight excluding hydrogens is 438 g/mol. The van der Waals surface area contributed by atoms with E-state index in [0.717, 1.165) is 69.1 Å². The Labute approximate surface area is 208 Å². The second kappa shape index (κ2) is 11.7. The van der Waals surface area contributed by atoms with Crippen LogP contribution in [0.3, 0.4) is 0 Å². The van der Waals surface area contributed by atoms with Crippen LogP contribution in [0.15, 0.2) is 30.3 Å². The summed E-state index contributed by atoms with van der Waals surface area (Å²) in [5.74, 6) is 0.327. The number of carbonyl (C=O) groups is 2. The smallest absolute Gasteiger partial charge is 0.268 e. The van der Waals surface area contributed by atoms with Gasteiger partial charge in [0, 0.05) is 23.5 Å². The van der Waals surface area contributed by atoms with Crippen LogP contribution in [0.5, 0.6) is 0 Å². The highest BCUT2D eigenvalue weighted by Gasteiger charge is 2.34. The topological polar surface area (TPSA) is 99.0 Å². The maximum atomic E-state index is 13.6. The first-order chi connectivity index (χ1) is 17.0. The first-order valence-electron chi connectivity index (χ1n) is 13.3. The predicted molar refractivity (Wildman–Crippen MR) is 138 cm³/mol. The van der Waals surface area contributed by atoms with Gasteiger partial charge in [-0.2, -0.15) is 5.26 Å². The number of para-hydroxylation sites is 1. The molecule has 3 N–H and O–H groups in total. The zero-order valence-corrected chi connectivity index (χ0v) is 21.1. The number of nitrogens with one attached hydrogen (secondary N) is 3. The van der Waals surface area contributed by atoms with Gasteiger partial charge in [0.15, 0.2) is 0 Å². The molecule has 188 valence electrons. The van der Waals surface area contributed by atoms with Crippen LogP contribution in [0.2, 0.25) is 0 Å². The number of hydrogen-bond donors (Lipinski definition) is 3. The number of amides is 2. The lowest BCUT2D eigenvalue weighted by Crippen LogP contribution is -2.50. The SMILES string of the molecule is CC(C)CC(C#N)NC(=O)[C@@H]1CCCC[C@@H]1NC(=O)c1cc2ccccc2n1CC1CCNCC1. The summed E-state index contributed by atoms with van der Waals surface area (Å²) in [6.45, 7) is 6.95. The Morgan fingerprint density at radius 2 is 1.89 bits per heavy atom. The fraction of sp³-hybridized carbons (Fsp3) is 0.607. The number of benzene rings is 1. The van der Waals surface area contributed by atoms with Crippen molar-refractivity contribution in [2.24, 2.45) is 17.8 Å². The van der Waals surface area contributed by atoms with Gasteiger partial charge in [-0.3, -0.25) is 9.59 Å². The summed E-state index contributed by atoms with van der Waals surface area (Å²) >= 11 is 0. The van der Waals surface area contributed by atoms with Crippen LogP contribution in [0.25, 0.3) is 10.9 Å². The predicted octanol–water partition coefficient (Wildman–Crippen LogP) is 3.98. The molecule has 2 aliphatic rings. The van der Waals surface area contributed by atoms with E-state index in [2.05, 4.69) is 38.7 Å². The number of fused-ring (bicyclic) bond motifs is 1. The number of aromatic nitrogens is 1. The summed E-state index contributed by atoms with van der Waals surface area (Å²) in [4.78, 5) is 26.7. The van der Waals surface area contributed by atoms with Gasteiger partial charge in [0.25, 0.3) is 5.91 Å². The largest absolute Gasteiger partial charge is 0.347 e. The van der Waals surface area contributed by atoms with Crippen molar-refractivity contribution in [3.05, 3.63) is 36.0 Å². The molecule has 1 aliphatic carbocycles. The molecule has 0 radical (unpaired) electrons. The number of nitrogens with zero attached hydrogens (tertiary/aromatic N) is 2. The molecule has 2 amide bonds. The monoisotopic (exact) mass is 477 g/mol. The van der Waals surface area contributed by atoms with E-state index in [0.29, 0.717) is 24.0 Å². The number of piperidine rings is 1. The van der Waals surface area contributed by atoms with Crippen LogP contribution in [0.4, 0.5) is 0 Å². The van der Waals surface area contributed by atoms with E-state index in [4.69, 9.17) is 0 Å². The number of nitriles is 1. The van der Waals surface area contributed by atoms with E-state index in [1.54, 1.807) is 0 Å². The summed E-state index contributed by atoms with van der Waals surface area (Å²) < 4.78 is 2.17. The average Bonchev–Trinajstić information content (AvgIpc) is 3.22. The molecule has 0 spiro atoms. The zero-order chi connectivity index (χ0) is 24.8. The molecule has 1 aromatic carbocycles. The van der Waals surface area contributed by atoms with Crippen molar-refractivity contribution in [3.8, 4) is 6.07 Å². The lowest BCUT2D eigenvalue weighted by Gasteiger charge is -2.32. The van der Waals surface area contributed by atoms with Crippen LogP contribution in [0.1, 0.15) is 69.3 Å². The first-order valence-corrected chi connectivity index (χ1v) is 13.3. The highest BCUT2D eigenvalue weighted by molar-refractivity contribution is 5.99. The molecule has 4 rings (SSSR count). The minimum atomic E-state index is -0.492. The van der Waals surface area contributed by atoms with E-state index in [9.17, 15) is 14.9 Å². The van der Waals surface area contributed by atoms with Gasteiger partial charge in [-0.15, -0.1) is 0 Å². The minimum Gasteiger partial charge on any atom is -0.347 e. The Morgan fingerprint density at radius 1 is 1.14 bits per heavy atom. The van der Waals surface area contributed by atoms with Crippen LogP contribution in [-0.2, 0) is 11.3 Å². The van der Waals surface area contributed by atoms with Gasteiger partial charge < -0.3 is 20.5 Å². The van der Waals surface area contributed by atoms with Crippen LogP contribution < -0.4 is 16.0 Å². The molecule has 7 heteroatoms. The van der Waals surface area contributed by atoms with Crippen LogP contribution >= 0.6 is 0 Å². The number of hydrogen-bond acceptors (Lipinski definition) is 4. The van der Waals surface area contributed by atoms with E-state index in [1.165, 1.54) is 0 Å². The summed E-state index contributed by atoms with van der Waals surface area (Å²) in [6.07, 6.45) is 6.29. The molecular formula is C28H39N5O2. The van der Waals surface area contributed by atoms with Crippen molar-refractivity contribution >= 4 is 22.7 Å². The van der Waals surface area contributed by atoms with Gasteiger partial charge in [0.1, 0.15) is 11.7 Å². The summed E-state index contributed by atoms with van der Waals surface area (Å²) in [5.41, 5.74) is 1.75. The van der Waals surface area contributed by atoms with Crippen molar-refractivity contribution < 1.29 is 9.59 Å².